The first-order valence-corrected chi connectivity index (χ1v) is 6.12. The molecule has 0 heterocycles. The average molecular weight is 276 g/mol. The Hall–Kier alpha value is -2.11. The number of halogens is 1. The summed E-state index contributed by atoms with van der Waals surface area (Å²) in [6.07, 6.45) is 0. The molecule has 0 radical (unpaired) electrons. The van der Waals surface area contributed by atoms with Crippen molar-refractivity contribution in [2.75, 3.05) is 14.2 Å². The highest BCUT2D eigenvalue weighted by Crippen LogP contribution is 2.29. The van der Waals surface area contributed by atoms with E-state index in [4.69, 9.17) is 15.3 Å². The van der Waals surface area contributed by atoms with Crippen LogP contribution in [0.15, 0.2) is 42.5 Å². The quantitative estimate of drug-likeness (QED) is 0.650. The van der Waals surface area contributed by atoms with Gasteiger partial charge in [-0.3, -0.25) is 5.84 Å². The maximum Gasteiger partial charge on any atom is 0.123 e. The molecule has 2 aromatic carbocycles. The lowest BCUT2D eigenvalue weighted by Crippen LogP contribution is -2.28. The Balaban J connectivity index is 2.42. The fraction of sp³-hybridized carbons (Fsp3) is 0.200. The predicted molar refractivity (Wildman–Crippen MR) is 75.1 cm³/mol. The summed E-state index contributed by atoms with van der Waals surface area (Å²) in [6.45, 7) is 0. The van der Waals surface area contributed by atoms with Gasteiger partial charge >= 0.3 is 0 Å². The number of ether oxygens (including phenoxy) is 2. The van der Waals surface area contributed by atoms with E-state index in [-0.39, 0.29) is 11.9 Å². The highest BCUT2D eigenvalue weighted by atomic mass is 19.1. The zero-order valence-electron chi connectivity index (χ0n) is 11.4. The minimum atomic E-state index is -0.284. The molecule has 5 heteroatoms. The van der Waals surface area contributed by atoms with E-state index in [1.807, 2.05) is 12.1 Å². The minimum absolute atomic E-state index is 0.278. The summed E-state index contributed by atoms with van der Waals surface area (Å²) >= 11 is 0. The van der Waals surface area contributed by atoms with E-state index in [0.29, 0.717) is 11.5 Å². The summed E-state index contributed by atoms with van der Waals surface area (Å²) < 4.78 is 23.5. The molecule has 0 aliphatic carbocycles. The second-order valence-corrected chi connectivity index (χ2v) is 4.30. The molecule has 0 fully saturated rings. The highest BCUT2D eigenvalue weighted by molar-refractivity contribution is 5.43. The first-order chi connectivity index (χ1) is 9.67. The topological polar surface area (TPSA) is 56.5 Å². The van der Waals surface area contributed by atoms with Crippen molar-refractivity contribution in [3.63, 3.8) is 0 Å². The van der Waals surface area contributed by atoms with Gasteiger partial charge in [-0.15, -0.1) is 0 Å². The molecule has 1 unspecified atom stereocenters. The number of nitrogens with one attached hydrogen (secondary N) is 1. The van der Waals surface area contributed by atoms with Gasteiger partial charge in [0.15, 0.2) is 0 Å². The van der Waals surface area contributed by atoms with E-state index in [1.165, 1.54) is 12.1 Å². The van der Waals surface area contributed by atoms with Gasteiger partial charge in [0, 0.05) is 6.07 Å². The van der Waals surface area contributed by atoms with Gasteiger partial charge in [0.1, 0.15) is 17.3 Å². The Morgan fingerprint density at radius 2 is 1.50 bits per heavy atom. The first kappa shape index (κ1) is 14.3. The third kappa shape index (κ3) is 3.07. The Morgan fingerprint density at radius 3 is 1.95 bits per heavy atom. The number of hydrogen-bond donors (Lipinski definition) is 2. The lowest BCUT2D eigenvalue weighted by Gasteiger charge is -2.18. The number of hydrazine groups is 1. The Morgan fingerprint density at radius 1 is 0.950 bits per heavy atom. The van der Waals surface area contributed by atoms with Gasteiger partial charge in [0.25, 0.3) is 0 Å². The number of nitrogens with two attached hydrogens (primary N) is 1. The summed E-state index contributed by atoms with van der Waals surface area (Å²) in [6, 6.07) is 11.4. The normalized spacial score (nSPS) is 12.0. The number of methoxy groups -OCH3 is 2. The predicted octanol–water partition coefficient (Wildman–Crippen LogP) is 2.40. The van der Waals surface area contributed by atoms with Gasteiger partial charge in [-0.1, -0.05) is 12.1 Å². The molecule has 3 N–H and O–H groups in total. The molecule has 0 spiro atoms. The molecule has 0 saturated heterocycles. The van der Waals surface area contributed by atoms with E-state index < -0.39 is 0 Å². The van der Waals surface area contributed by atoms with Gasteiger partial charge in [-0.2, -0.15) is 0 Å². The van der Waals surface area contributed by atoms with Crippen LogP contribution in [-0.2, 0) is 0 Å². The molecule has 20 heavy (non-hydrogen) atoms. The molecule has 106 valence electrons. The second kappa shape index (κ2) is 6.36. The van der Waals surface area contributed by atoms with E-state index in [9.17, 15) is 4.39 Å². The number of benzene rings is 2. The van der Waals surface area contributed by atoms with Crippen molar-refractivity contribution < 1.29 is 13.9 Å². The van der Waals surface area contributed by atoms with Crippen LogP contribution in [0.4, 0.5) is 4.39 Å². The van der Waals surface area contributed by atoms with Crippen molar-refractivity contribution in [2.45, 2.75) is 6.04 Å². The monoisotopic (exact) mass is 276 g/mol. The summed E-state index contributed by atoms with van der Waals surface area (Å²) in [4.78, 5) is 0. The zero-order chi connectivity index (χ0) is 14.5. The van der Waals surface area contributed by atoms with Crippen LogP contribution in [0.2, 0.25) is 0 Å². The van der Waals surface area contributed by atoms with Crippen LogP contribution in [0.3, 0.4) is 0 Å². The Bertz CT molecular complexity index is 550. The third-order valence-electron chi connectivity index (χ3n) is 3.08. The second-order valence-electron chi connectivity index (χ2n) is 4.30. The SMILES string of the molecule is COc1cc(OC)cc(C(NN)c2ccc(F)cc2)c1. The van der Waals surface area contributed by atoms with Crippen LogP contribution in [0, 0.1) is 5.82 Å². The van der Waals surface area contributed by atoms with Crippen molar-refractivity contribution in [3.8, 4) is 11.5 Å². The molecule has 0 saturated carbocycles. The van der Waals surface area contributed by atoms with E-state index >= 15 is 0 Å². The van der Waals surface area contributed by atoms with Crippen molar-refractivity contribution in [1.29, 1.82) is 0 Å². The molecule has 4 nitrogen and oxygen atoms in total. The maximum atomic E-state index is 13.0. The highest BCUT2D eigenvalue weighted by Gasteiger charge is 2.15. The fourth-order valence-electron chi connectivity index (χ4n) is 2.04. The van der Waals surface area contributed by atoms with Gasteiger partial charge < -0.3 is 9.47 Å². The molecular formula is C15H17FN2O2. The van der Waals surface area contributed by atoms with Crippen LogP contribution >= 0.6 is 0 Å². The van der Waals surface area contributed by atoms with Crippen molar-refractivity contribution >= 4 is 0 Å². The molecule has 2 aromatic rings. The van der Waals surface area contributed by atoms with Gasteiger partial charge in [-0.25, -0.2) is 9.82 Å². The smallest absolute Gasteiger partial charge is 0.123 e. The molecule has 0 aromatic heterocycles. The van der Waals surface area contributed by atoms with Crippen molar-refractivity contribution in [2.24, 2.45) is 5.84 Å². The maximum absolute atomic E-state index is 13.0. The number of rotatable bonds is 5. The molecule has 1 atom stereocenters. The van der Waals surface area contributed by atoms with E-state index in [1.54, 1.807) is 32.4 Å². The summed E-state index contributed by atoms with van der Waals surface area (Å²) in [5, 5.41) is 0. The van der Waals surface area contributed by atoms with Crippen LogP contribution in [0.25, 0.3) is 0 Å². The summed E-state index contributed by atoms with van der Waals surface area (Å²) in [7, 11) is 3.17. The first-order valence-electron chi connectivity index (χ1n) is 6.12. The lowest BCUT2D eigenvalue weighted by atomic mass is 9.99. The summed E-state index contributed by atoms with van der Waals surface area (Å²) in [5.41, 5.74) is 4.44. The lowest BCUT2D eigenvalue weighted by molar-refractivity contribution is 0.392. The van der Waals surface area contributed by atoms with Crippen LogP contribution in [0.5, 0.6) is 11.5 Å². The Kier molecular flexibility index (Phi) is 4.55. The van der Waals surface area contributed by atoms with Crippen LogP contribution in [-0.4, -0.2) is 14.2 Å². The molecule has 0 bridgehead atoms. The summed E-state index contributed by atoms with van der Waals surface area (Å²) in [5.74, 6) is 6.68. The van der Waals surface area contributed by atoms with Gasteiger partial charge in [0.05, 0.1) is 20.3 Å². The third-order valence-corrected chi connectivity index (χ3v) is 3.08. The molecular weight excluding hydrogens is 259 g/mol. The van der Waals surface area contributed by atoms with Crippen LogP contribution < -0.4 is 20.7 Å². The minimum Gasteiger partial charge on any atom is -0.497 e. The van der Waals surface area contributed by atoms with Gasteiger partial charge in [0.2, 0.25) is 0 Å². The van der Waals surface area contributed by atoms with E-state index in [2.05, 4.69) is 5.43 Å². The molecule has 2 rings (SSSR count). The molecule has 0 aliphatic rings. The largest absolute Gasteiger partial charge is 0.497 e. The van der Waals surface area contributed by atoms with Crippen LogP contribution in [0.1, 0.15) is 17.2 Å². The molecule has 0 aliphatic heterocycles. The number of hydrogen-bond acceptors (Lipinski definition) is 4. The molecule has 0 amide bonds. The zero-order valence-corrected chi connectivity index (χ0v) is 11.4. The van der Waals surface area contributed by atoms with Crippen molar-refractivity contribution in [1.82, 2.24) is 5.43 Å². The Labute approximate surface area is 117 Å². The van der Waals surface area contributed by atoms with Crippen molar-refractivity contribution in [3.05, 3.63) is 59.4 Å². The average Bonchev–Trinajstić information content (AvgIpc) is 2.49. The fourth-order valence-corrected chi connectivity index (χ4v) is 2.04. The van der Waals surface area contributed by atoms with E-state index in [0.717, 1.165) is 11.1 Å². The van der Waals surface area contributed by atoms with Gasteiger partial charge in [-0.05, 0) is 35.4 Å². The standard InChI is InChI=1S/C15H17FN2O2/c1-19-13-7-11(8-14(9-13)20-2)15(18-17)10-3-5-12(16)6-4-10/h3-9,15,18H,17H2,1-2H3.